The molecule has 0 saturated heterocycles. The van der Waals surface area contributed by atoms with E-state index in [1.807, 2.05) is 12.1 Å². The van der Waals surface area contributed by atoms with Crippen LogP contribution in [0.2, 0.25) is 5.02 Å². The van der Waals surface area contributed by atoms with Gasteiger partial charge in [-0.2, -0.15) is 22.9 Å². The molecule has 0 aliphatic rings. The molecule has 5 nitrogen and oxygen atoms in total. The van der Waals surface area contributed by atoms with Gasteiger partial charge in [0.15, 0.2) is 5.82 Å². The molecular formula is C29H18BrClF3N3O2. The van der Waals surface area contributed by atoms with E-state index in [2.05, 4.69) is 26.0 Å². The zero-order valence-corrected chi connectivity index (χ0v) is 22.3. The second-order valence-electron chi connectivity index (χ2n) is 8.49. The average molecular weight is 613 g/mol. The van der Waals surface area contributed by atoms with Gasteiger partial charge in [0.1, 0.15) is 12.4 Å². The number of fused-ring (bicyclic) bond motifs is 1. The molecule has 0 aliphatic heterocycles. The van der Waals surface area contributed by atoms with Gasteiger partial charge < -0.3 is 4.74 Å². The number of halogens is 5. The van der Waals surface area contributed by atoms with Crippen LogP contribution in [0.15, 0.2) is 105 Å². The molecule has 0 unspecified atom stereocenters. The number of rotatable bonds is 6. The van der Waals surface area contributed by atoms with Gasteiger partial charge >= 0.3 is 6.18 Å². The molecule has 5 rings (SSSR count). The number of benzene rings is 4. The van der Waals surface area contributed by atoms with Crippen LogP contribution in [0.3, 0.4) is 0 Å². The van der Waals surface area contributed by atoms with E-state index in [4.69, 9.17) is 16.3 Å². The van der Waals surface area contributed by atoms with Gasteiger partial charge in [0, 0.05) is 20.6 Å². The molecule has 196 valence electrons. The normalized spacial score (nSPS) is 11.8. The van der Waals surface area contributed by atoms with Crippen LogP contribution >= 0.6 is 27.5 Å². The van der Waals surface area contributed by atoms with Crippen molar-refractivity contribution in [2.45, 2.75) is 12.8 Å². The van der Waals surface area contributed by atoms with E-state index >= 15 is 0 Å². The zero-order chi connectivity index (χ0) is 27.6. The Morgan fingerprint density at radius 2 is 1.74 bits per heavy atom. The van der Waals surface area contributed by atoms with Gasteiger partial charge in [-0.3, -0.25) is 4.79 Å². The van der Waals surface area contributed by atoms with E-state index in [1.165, 1.54) is 18.3 Å². The SMILES string of the molecule is O=c1c2ccccc2nc(-c2cccc(C(F)(F)F)c2)n1N=Cc1cc(Br)ccc1OCc1ccc(Cl)cc1. The summed E-state index contributed by atoms with van der Waals surface area (Å²) in [6.07, 6.45) is -3.15. The molecule has 0 aliphatic carbocycles. The fourth-order valence-corrected chi connectivity index (χ4v) is 4.37. The van der Waals surface area contributed by atoms with Gasteiger partial charge in [0.05, 0.1) is 22.7 Å². The minimum atomic E-state index is -4.56. The Kier molecular flexibility index (Phi) is 7.54. The standard InChI is InChI=1S/C29H18BrClF3N3O2/c30-22-10-13-26(39-17-18-8-11-23(31)12-9-18)20(15-22)16-35-37-27(19-4-3-5-21(14-19)29(32,33)34)36-25-7-2-1-6-24(25)28(37)38/h1-16H,17H2. The summed E-state index contributed by atoms with van der Waals surface area (Å²) in [6, 6.07) is 23.7. The highest BCUT2D eigenvalue weighted by molar-refractivity contribution is 9.10. The van der Waals surface area contributed by atoms with Crippen molar-refractivity contribution in [1.29, 1.82) is 0 Å². The molecule has 4 aromatic carbocycles. The van der Waals surface area contributed by atoms with Crippen LogP contribution in [0.1, 0.15) is 16.7 Å². The first kappa shape index (κ1) is 26.6. The van der Waals surface area contributed by atoms with Crippen molar-refractivity contribution >= 4 is 44.6 Å². The Labute approximate surface area is 234 Å². The number of hydrogen-bond donors (Lipinski definition) is 0. The minimum Gasteiger partial charge on any atom is -0.488 e. The van der Waals surface area contributed by atoms with Crippen LogP contribution in [0, 0.1) is 0 Å². The Balaban J connectivity index is 1.59. The van der Waals surface area contributed by atoms with Gasteiger partial charge in [-0.15, -0.1) is 0 Å². The Morgan fingerprint density at radius 1 is 0.974 bits per heavy atom. The molecule has 0 saturated carbocycles. The second-order valence-corrected chi connectivity index (χ2v) is 9.84. The predicted octanol–water partition coefficient (Wildman–Crippen LogP) is 7.96. The molecule has 1 aromatic heterocycles. The summed E-state index contributed by atoms with van der Waals surface area (Å²) in [4.78, 5) is 17.9. The van der Waals surface area contributed by atoms with Crippen molar-refractivity contribution < 1.29 is 17.9 Å². The summed E-state index contributed by atoms with van der Waals surface area (Å²) in [5.41, 5.74) is 0.486. The van der Waals surface area contributed by atoms with Crippen molar-refractivity contribution in [3.63, 3.8) is 0 Å². The Hall–Kier alpha value is -3.95. The lowest BCUT2D eigenvalue weighted by Gasteiger charge is -2.13. The molecule has 1 heterocycles. The molecule has 0 bridgehead atoms. The summed E-state index contributed by atoms with van der Waals surface area (Å²) in [6.45, 7) is 0.257. The largest absolute Gasteiger partial charge is 0.488 e. The van der Waals surface area contributed by atoms with Crippen LogP contribution in [0.25, 0.3) is 22.3 Å². The summed E-state index contributed by atoms with van der Waals surface area (Å²) in [5, 5.41) is 5.27. The van der Waals surface area contributed by atoms with E-state index in [0.29, 0.717) is 21.9 Å². The highest BCUT2D eigenvalue weighted by atomic mass is 79.9. The van der Waals surface area contributed by atoms with Gasteiger partial charge in [-0.25, -0.2) is 4.98 Å². The molecule has 39 heavy (non-hydrogen) atoms. The molecule has 10 heteroatoms. The number of alkyl halides is 3. The monoisotopic (exact) mass is 611 g/mol. The highest BCUT2D eigenvalue weighted by Gasteiger charge is 2.31. The van der Waals surface area contributed by atoms with Gasteiger partial charge in [-0.1, -0.05) is 63.9 Å². The highest BCUT2D eigenvalue weighted by Crippen LogP contribution is 2.32. The first-order valence-electron chi connectivity index (χ1n) is 11.6. The summed E-state index contributed by atoms with van der Waals surface area (Å²) in [7, 11) is 0. The minimum absolute atomic E-state index is 0.0281. The third kappa shape index (κ3) is 6.05. The molecule has 0 amide bonds. The molecule has 0 fully saturated rings. The first-order chi connectivity index (χ1) is 18.7. The molecule has 0 N–H and O–H groups in total. The predicted molar refractivity (Wildman–Crippen MR) is 149 cm³/mol. The van der Waals surface area contributed by atoms with E-state index in [-0.39, 0.29) is 23.4 Å². The molecule has 0 radical (unpaired) electrons. The smallest absolute Gasteiger partial charge is 0.416 e. The van der Waals surface area contributed by atoms with Crippen molar-refractivity contribution in [3.8, 4) is 17.1 Å². The van der Waals surface area contributed by atoms with Crippen LogP contribution in [0.5, 0.6) is 5.75 Å². The number of hydrogen-bond acceptors (Lipinski definition) is 4. The lowest BCUT2D eigenvalue weighted by Crippen LogP contribution is -2.20. The van der Waals surface area contributed by atoms with Crippen molar-refractivity contribution in [2.24, 2.45) is 5.10 Å². The lowest BCUT2D eigenvalue weighted by molar-refractivity contribution is -0.137. The second kappa shape index (κ2) is 11.0. The lowest BCUT2D eigenvalue weighted by atomic mass is 10.1. The van der Waals surface area contributed by atoms with E-state index in [0.717, 1.165) is 26.8 Å². The van der Waals surface area contributed by atoms with E-state index in [9.17, 15) is 18.0 Å². The number of para-hydroxylation sites is 1. The van der Waals surface area contributed by atoms with Gasteiger partial charge in [0.25, 0.3) is 5.56 Å². The molecule has 0 spiro atoms. The Morgan fingerprint density at radius 3 is 2.51 bits per heavy atom. The fraction of sp³-hybridized carbons (Fsp3) is 0.0690. The maximum Gasteiger partial charge on any atom is 0.416 e. The quantitative estimate of drug-likeness (QED) is 0.183. The van der Waals surface area contributed by atoms with Crippen LogP contribution < -0.4 is 10.3 Å². The third-order valence-electron chi connectivity index (χ3n) is 5.79. The topological polar surface area (TPSA) is 56.5 Å². The van der Waals surface area contributed by atoms with Crippen molar-refractivity contribution in [3.05, 3.63) is 128 Å². The van der Waals surface area contributed by atoms with Crippen molar-refractivity contribution in [1.82, 2.24) is 9.66 Å². The summed E-state index contributed by atoms with van der Waals surface area (Å²) < 4.78 is 48.1. The maximum absolute atomic E-state index is 13.5. The molecular weight excluding hydrogens is 595 g/mol. The summed E-state index contributed by atoms with van der Waals surface area (Å²) in [5.74, 6) is 0.457. The fourth-order valence-electron chi connectivity index (χ4n) is 3.87. The average Bonchev–Trinajstić information content (AvgIpc) is 2.92. The molecule has 5 aromatic rings. The number of nitrogens with zero attached hydrogens (tertiary/aromatic N) is 3. The first-order valence-corrected chi connectivity index (χ1v) is 12.8. The van der Waals surface area contributed by atoms with E-state index < -0.39 is 17.3 Å². The van der Waals surface area contributed by atoms with E-state index in [1.54, 1.807) is 54.6 Å². The summed E-state index contributed by atoms with van der Waals surface area (Å²) >= 11 is 9.39. The van der Waals surface area contributed by atoms with Crippen LogP contribution in [-0.2, 0) is 12.8 Å². The molecule has 0 atom stereocenters. The van der Waals surface area contributed by atoms with Crippen molar-refractivity contribution in [2.75, 3.05) is 0 Å². The van der Waals surface area contributed by atoms with Crippen LogP contribution in [-0.4, -0.2) is 15.9 Å². The Bertz CT molecular complexity index is 1750. The number of aromatic nitrogens is 2. The van der Waals surface area contributed by atoms with Gasteiger partial charge in [0.2, 0.25) is 0 Å². The zero-order valence-electron chi connectivity index (χ0n) is 20.0. The maximum atomic E-state index is 13.5. The number of ether oxygens (including phenoxy) is 1. The van der Waals surface area contributed by atoms with Gasteiger partial charge in [-0.05, 0) is 60.2 Å². The third-order valence-corrected chi connectivity index (χ3v) is 6.54. The van der Waals surface area contributed by atoms with Crippen LogP contribution in [0.4, 0.5) is 13.2 Å².